The van der Waals surface area contributed by atoms with Gasteiger partial charge in [-0.25, -0.2) is 4.98 Å². The van der Waals surface area contributed by atoms with Crippen molar-refractivity contribution in [3.63, 3.8) is 0 Å². The van der Waals surface area contributed by atoms with Crippen LogP contribution in [0.3, 0.4) is 0 Å². The zero-order valence-electron chi connectivity index (χ0n) is 11.6. The Balaban J connectivity index is 2.02. The largest absolute Gasteiger partial charge is 0.480 e. The lowest BCUT2D eigenvalue weighted by atomic mass is 10.1. The zero-order chi connectivity index (χ0) is 16.6. The van der Waals surface area contributed by atoms with E-state index in [9.17, 15) is 9.59 Å². The molecule has 0 bridgehead atoms. The van der Waals surface area contributed by atoms with Gasteiger partial charge in [-0.3, -0.25) is 14.5 Å². The molecule has 0 saturated heterocycles. The van der Waals surface area contributed by atoms with Crippen molar-refractivity contribution < 1.29 is 19.4 Å². The topological polar surface area (TPSA) is 79.7 Å². The molecule has 1 amide bonds. The monoisotopic (exact) mass is 352 g/mol. The maximum Gasteiger partial charge on any atom is 0.323 e. The number of carbonyl (C=O) groups excluding carboxylic acids is 1. The summed E-state index contributed by atoms with van der Waals surface area (Å²) in [4.78, 5) is 27.9. The summed E-state index contributed by atoms with van der Waals surface area (Å²) in [6.07, 6.45) is 1.51. The third-order valence-electron chi connectivity index (χ3n) is 3.23. The molecule has 3 rings (SSSR count). The van der Waals surface area contributed by atoms with E-state index in [4.69, 9.17) is 33.0 Å². The van der Waals surface area contributed by atoms with Gasteiger partial charge in [-0.2, -0.15) is 0 Å². The van der Waals surface area contributed by atoms with Gasteiger partial charge in [-0.05, 0) is 29.8 Å². The first-order valence-electron chi connectivity index (χ1n) is 6.55. The molecule has 118 valence electrons. The van der Waals surface area contributed by atoms with Crippen LogP contribution in [0.4, 0.5) is 5.82 Å². The molecule has 0 radical (unpaired) electrons. The van der Waals surface area contributed by atoms with E-state index >= 15 is 0 Å². The quantitative estimate of drug-likeness (QED) is 0.918. The normalized spacial score (nSPS) is 13.5. The minimum absolute atomic E-state index is 0.181. The molecule has 6 nitrogen and oxygen atoms in total. The molecule has 1 aromatic carbocycles. The molecule has 0 atom stereocenters. The van der Waals surface area contributed by atoms with Gasteiger partial charge < -0.3 is 9.84 Å². The minimum Gasteiger partial charge on any atom is -0.480 e. The molecule has 2 heterocycles. The van der Waals surface area contributed by atoms with E-state index in [0.29, 0.717) is 21.4 Å². The van der Waals surface area contributed by atoms with E-state index in [1.54, 1.807) is 24.3 Å². The lowest BCUT2D eigenvalue weighted by Gasteiger charge is -2.27. The maximum absolute atomic E-state index is 11.8. The number of hydrogen-bond donors (Lipinski definition) is 1. The Morgan fingerprint density at radius 3 is 2.57 bits per heavy atom. The number of benzene rings is 1. The Bertz CT molecular complexity index is 790. The highest BCUT2D eigenvalue weighted by molar-refractivity contribution is 6.35. The first-order valence-corrected chi connectivity index (χ1v) is 7.31. The lowest BCUT2D eigenvalue weighted by molar-refractivity contribution is -0.137. The van der Waals surface area contributed by atoms with Crippen molar-refractivity contribution in [2.75, 3.05) is 18.1 Å². The molecule has 0 aliphatic carbocycles. The number of halogens is 2. The summed E-state index contributed by atoms with van der Waals surface area (Å²) in [5, 5.41) is 9.87. The SMILES string of the molecule is O=C(O)CN1C(=O)COc2cc(-c3cc(Cl)cc(Cl)c3)cnc21. The van der Waals surface area contributed by atoms with Crippen LogP contribution < -0.4 is 9.64 Å². The Hall–Kier alpha value is -2.31. The highest BCUT2D eigenvalue weighted by Crippen LogP contribution is 2.35. The predicted molar refractivity (Wildman–Crippen MR) is 85.2 cm³/mol. The Morgan fingerprint density at radius 2 is 1.91 bits per heavy atom. The van der Waals surface area contributed by atoms with Gasteiger partial charge >= 0.3 is 5.97 Å². The molecule has 2 aromatic rings. The van der Waals surface area contributed by atoms with Crippen LogP contribution in [-0.4, -0.2) is 35.1 Å². The molecule has 1 aromatic heterocycles. The first-order chi connectivity index (χ1) is 10.9. The number of pyridine rings is 1. The standard InChI is InChI=1S/C15H10Cl2N2O4/c16-10-1-8(2-11(17)4-10)9-3-12-15(18-5-9)19(6-14(21)22)13(20)7-23-12/h1-5H,6-7H2,(H,21,22). The molecule has 1 N–H and O–H groups in total. The number of carboxylic acid groups (broad SMARTS) is 1. The summed E-state index contributed by atoms with van der Waals surface area (Å²) in [6.45, 7) is -0.702. The van der Waals surface area contributed by atoms with Crippen molar-refractivity contribution in [1.82, 2.24) is 4.98 Å². The van der Waals surface area contributed by atoms with Crippen LogP contribution in [0.5, 0.6) is 5.75 Å². The second-order valence-electron chi connectivity index (χ2n) is 4.87. The number of fused-ring (bicyclic) bond motifs is 1. The van der Waals surface area contributed by atoms with E-state index in [-0.39, 0.29) is 12.4 Å². The molecular formula is C15H10Cl2N2O4. The molecule has 0 spiro atoms. The van der Waals surface area contributed by atoms with E-state index < -0.39 is 18.4 Å². The van der Waals surface area contributed by atoms with Gasteiger partial charge in [-0.1, -0.05) is 23.2 Å². The third kappa shape index (κ3) is 3.23. The summed E-state index contributed by atoms with van der Waals surface area (Å²) < 4.78 is 5.36. The predicted octanol–water partition coefficient (Wildman–Crippen LogP) is 2.87. The Kier molecular flexibility index (Phi) is 4.11. The number of anilines is 1. The van der Waals surface area contributed by atoms with Crippen molar-refractivity contribution >= 4 is 40.9 Å². The smallest absolute Gasteiger partial charge is 0.323 e. The number of carbonyl (C=O) groups is 2. The summed E-state index contributed by atoms with van der Waals surface area (Å²) in [5.41, 5.74) is 1.43. The van der Waals surface area contributed by atoms with E-state index in [0.717, 1.165) is 10.5 Å². The number of aromatic nitrogens is 1. The molecule has 1 aliphatic rings. The van der Waals surface area contributed by atoms with Gasteiger partial charge in [0.2, 0.25) is 0 Å². The highest BCUT2D eigenvalue weighted by atomic mass is 35.5. The second-order valence-corrected chi connectivity index (χ2v) is 5.74. The number of aliphatic carboxylic acids is 1. The number of ether oxygens (including phenoxy) is 1. The molecule has 0 saturated carbocycles. The van der Waals surface area contributed by atoms with Gasteiger partial charge in [0.25, 0.3) is 5.91 Å². The molecular weight excluding hydrogens is 343 g/mol. The Labute approximate surface area is 141 Å². The van der Waals surface area contributed by atoms with Crippen LogP contribution in [0.25, 0.3) is 11.1 Å². The van der Waals surface area contributed by atoms with Crippen LogP contribution in [0.1, 0.15) is 0 Å². The van der Waals surface area contributed by atoms with Crippen molar-refractivity contribution in [2.24, 2.45) is 0 Å². The maximum atomic E-state index is 11.8. The first kappa shape index (κ1) is 15.6. The number of hydrogen-bond acceptors (Lipinski definition) is 4. The number of carboxylic acids is 1. The molecule has 0 unspecified atom stereocenters. The zero-order valence-corrected chi connectivity index (χ0v) is 13.1. The van der Waals surface area contributed by atoms with Gasteiger partial charge in [0.1, 0.15) is 6.54 Å². The number of rotatable bonds is 3. The summed E-state index contributed by atoms with van der Waals surface area (Å²) in [6, 6.07) is 6.73. The number of amides is 1. The minimum atomic E-state index is -1.13. The fraction of sp³-hybridized carbons (Fsp3) is 0.133. The van der Waals surface area contributed by atoms with Crippen LogP contribution in [-0.2, 0) is 9.59 Å². The number of nitrogens with zero attached hydrogens (tertiary/aromatic N) is 2. The average Bonchev–Trinajstić information content (AvgIpc) is 2.48. The van der Waals surface area contributed by atoms with Crippen molar-refractivity contribution in [3.8, 4) is 16.9 Å². The Morgan fingerprint density at radius 1 is 1.22 bits per heavy atom. The molecule has 23 heavy (non-hydrogen) atoms. The van der Waals surface area contributed by atoms with Crippen LogP contribution in [0.2, 0.25) is 10.0 Å². The van der Waals surface area contributed by atoms with Crippen LogP contribution >= 0.6 is 23.2 Å². The van der Waals surface area contributed by atoms with Crippen LogP contribution in [0.15, 0.2) is 30.5 Å². The fourth-order valence-electron chi connectivity index (χ4n) is 2.26. The van der Waals surface area contributed by atoms with E-state index in [2.05, 4.69) is 4.98 Å². The summed E-state index contributed by atoms with van der Waals surface area (Å²) in [5.74, 6) is -1.07. The summed E-state index contributed by atoms with van der Waals surface area (Å²) in [7, 11) is 0. The van der Waals surface area contributed by atoms with Gasteiger partial charge in [0.15, 0.2) is 18.2 Å². The molecule has 8 heteroatoms. The third-order valence-corrected chi connectivity index (χ3v) is 3.67. The molecule has 1 aliphatic heterocycles. The lowest BCUT2D eigenvalue weighted by Crippen LogP contribution is -2.42. The van der Waals surface area contributed by atoms with Gasteiger partial charge in [-0.15, -0.1) is 0 Å². The van der Waals surface area contributed by atoms with Crippen LogP contribution in [0, 0.1) is 0 Å². The van der Waals surface area contributed by atoms with Gasteiger partial charge in [0.05, 0.1) is 0 Å². The highest BCUT2D eigenvalue weighted by Gasteiger charge is 2.28. The van der Waals surface area contributed by atoms with Gasteiger partial charge in [0, 0.05) is 21.8 Å². The van der Waals surface area contributed by atoms with Crippen molar-refractivity contribution in [2.45, 2.75) is 0 Å². The van der Waals surface area contributed by atoms with E-state index in [1.807, 2.05) is 0 Å². The van der Waals surface area contributed by atoms with E-state index in [1.165, 1.54) is 6.20 Å². The summed E-state index contributed by atoms with van der Waals surface area (Å²) >= 11 is 12.0. The second kappa shape index (κ2) is 6.06. The average molecular weight is 353 g/mol. The van der Waals surface area contributed by atoms with Crippen molar-refractivity contribution in [1.29, 1.82) is 0 Å². The van der Waals surface area contributed by atoms with Crippen molar-refractivity contribution in [3.05, 3.63) is 40.5 Å². The fourth-order valence-corrected chi connectivity index (χ4v) is 2.78. The molecule has 0 fully saturated rings.